The van der Waals surface area contributed by atoms with Crippen molar-refractivity contribution in [2.75, 3.05) is 12.9 Å². The number of hydrogen-bond donors (Lipinski definition) is 3. The molecule has 1 aromatic carbocycles. The molecule has 0 spiro atoms. The maximum Gasteiger partial charge on any atom is 0.173 e. The van der Waals surface area contributed by atoms with Crippen molar-refractivity contribution in [1.29, 1.82) is 0 Å². The van der Waals surface area contributed by atoms with E-state index in [0.29, 0.717) is 17.3 Å². The summed E-state index contributed by atoms with van der Waals surface area (Å²) in [6.07, 6.45) is 0.0549. The van der Waals surface area contributed by atoms with Crippen molar-refractivity contribution in [2.24, 2.45) is 0 Å². The van der Waals surface area contributed by atoms with Crippen molar-refractivity contribution in [3.63, 3.8) is 0 Å². The highest BCUT2D eigenvalue weighted by Gasteiger charge is 2.38. The van der Waals surface area contributed by atoms with E-state index < -0.39 is 23.7 Å². The van der Waals surface area contributed by atoms with Crippen LogP contribution >= 0.6 is 11.8 Å². The Morgan fingerprint density at radius 1 is 1.04 bits per heavy atom. The first-order valence-electron chi connectivity index (χ1n) is 7.50. The third-order valence-corrected chi connectivity index (χ3v) is 5.06. The van der Waals surface area contributed by atoms with Crippen LogP contribution in [0.4, 0.5) is 0 Å². The summed E-state index contributed by atoms with van der Waals surface area (Å²) in [6, 6.07) is 9.25. The lowest BCUT2D eigenvalue weighted by Gasteiger charge is -2.34. The predicted molar refractivity (Wildman–Crippen MR) is 91.1 cm³/mol. The summed E-state index contributed by atoms with van der Waals surface area (Å²) in [7, 11) is 1.59. The van der Waals surface area contributed by atoms with E-state index >= 15 is 0 Å². The number of ether oxygens (including phenoxy) is 2. The van der Waals surface area contributed by atoms with Crippen LogP contribution in [-0.2, 0) is 0 Å². The predicted octanol–water partition coefficient (Wildman–Crippen LogP) is 1.29. The average molecular weight is 349 g/mol. The van der Waals surface area contributed by atoms with E-state index in [-0.39, 0.29) is 0 Å². The van der Waals surface area contributed by atoms with Gasteiger partial charge in [0.25, 0.3) is 0 Å². The monoisotopic (exact) mass is 349 g/mol. The molecule has 1 saturated heterocycles. The normalized spacial score (nSPS) is 26.8. The molecule has 3 N–H and O–H groups in total. The number of aliphatic hydroxyl groups excluding tert-OH is 3. The van der Waals surface area contributed by atoms with Crippen molar-refractivity contribution < 1.29 is 24.8 Å². The van der Waals surface area contributed by atoms with Crippen LogP contribution in [0, 0.1) is 0 Å². The third-order valence-electron chi connectivity index (χ3n) is 3.82. The zero-order valence-electron chi connectivity index (χ0n) is 13.1. The molecule has 4 atom stereocenters. The first-order chi connectivity index (χ1) is 11.6. The van der Waals surface area contributed by atoms with Gasteiger partial charge in [-0.3, -0.25) is 4.98 Å². The van der Waals surface area contributed by atoms with Crippen molar-refractivity contribution in [2.45, 2.75) is 23.7 Å². The van der Waals surface area contributed by atoms with E-state index in [1.807, 2.05) is 24.3 Å². The highest BCUT2D eigenvalue weighted by Crippen LogP contribution is 2.31. The van der Waals surface area contributed by atoms with Crippen LogP contribution in [0.5, 0.6) is 11.5 Å². The molecule has 1 fully saturated rings. The zero-order valence-corrected chi connectivity index (χ0v) is 13.9. The molecule has 1 aliphatic rings. The highest BCUT2D eigenvalue weighted by atomic mass is 32.2. The molecule has 1 aromatic heterocycles. The van der Waals surface area contributed by atoms with Gasteiger partial charge in [-0.15, -0.1) is 11.8 Å². The number of benzene rings is 1. The second-order valence-electron chi connectivity index (χ2n) is 5.51. The fourth-order valence-corrected chi connectivity index (χ4v) is 3.58. The van der Waals surface area contributed by atoms with E-state index in [2.05, 4.69) is 4.98 Å². The molecule has 0 aliphatic carbocycles. The molecule has 0 saturated carbocycles. The molecule has 0 bridgehead atoms. The van der Waals surface area contributed by atoms with Crippen molar-refractivity contribution in [3.8, 4) is 22.6 Å². The number of rotatable bonds is 4. The number of hydrogen-bond acceptors (Lipinski definition) is 7. The number of methoxy groups -OCH3 is 1. The van der Waals surface area contributed by atoms with E-state index in [9.17, 15) is 15.3 Å². The van der Waals surface area contributed by atoms with Gasteiger partial charge in [0.2, 0.25) is 0 Å². The standard InChI is InChI=1S/C17H19NO5S/c1-22-13-6-11(7-18-8-13)10-3-2-4-12(5-10)23-17-16(21)15(20)14(19)9-24-17/h2-8,14-17,19-21H,9H2,1H3/t14-,15+,16-,17+/m1/s1. The number of aromatic nitrogens is 1. The summed E-state index contributed by atoms with van der Waals surface area (Å²) in [5.41, 5.74) is 1.14. The first-order valence-corrected chi connectivity index (χ1v) is 8.55. The molecular weight excluding hydrogens is 330 g/mol. The second kappa shape index (κ2) is 7.40. The maximum atomic E-state index is 10.0. The summed E-state index contributed by atoms with van der Waals surface area (Å²) in [6.45, 7) is 0. The van der Waals surface area contributed by atoms with Gasteiger partial charge in [0.05, 0.1) is 19.4 Å². The number of nitrogens with zero attached hydrogens (tertiary/aromatic N) is 1. The van der Waals surface area contributed by atoms with E-state index in [0.717, 1.165) is 11.1 Å². The van der Waals surface area contributed by atoms with E-state index in [1.165, 1.54) is 11.8 Å². The van der Waals surface area contributed by atoms with Crippen LogP contribution < -0.4 is 9.47 Å². The minimum atomic E-state index is -1.21. The lowest BCUT2D eigenvalue weighted by molar-refractivity contribution is -0.0786. The smallest absolute Gasteiger partial charge is 0.173 e. The van der Waals surface area contributed by atoms with Gasteiger partial charge in [0, 0.05) is 17.5 Å². The molecule has 0 radical (unpaired) electrons. The largest absolute Gasteiger partial charge is 0.495 e. The van der Waals surface area contributed by atoms with Crippen LogP contribution in [-0.4, -0.2) is 56.9 Å². The van der Waals surface area contributed by atoms with Crippen LogP contribution in [0.1, 0.15) is 0 Å². The molecule has 1 aliphatic heterocycles. The summed E-state index contributed by atoms with van der Waals surface area (Å²) in [5.74, 6) is 1.53. The topological polar surface area (TPSA) is 92.0 Å². The Morgan fingerprint density at radius 3 is 2.62 bits per heavy atom. The fourth-order valence-electron chi connectivity index (χ4n) is 2.45. The van der Waals surface area contributed by atoms with Gasteiger partial charge in [-0.25, -0.2) is 0 Å². The minimum Gasteiger partial charge on any atom is -0.495 e. The van der Waals surface area contributed by atoms with E-state index in [4.69, 9.17) is 9.47 Å². The van der Waals surface area contributed by atoms with Crippen molar-refractivity contribution >= 4 is 11.8 Å². The quantitative estimate of drug-likeness (QED) is 0.766. The fraction of sp³-hybridized carbons (Fsp3) is 0.353. The first kappa shape index (κ1) is 17.0. The van der Waals surface area contributed by atoms with Gasteiger partial charge >= 0.3 is 0 Å². The van der Waals surface area contributed by atoms with Gasteiger partial charge in [0.1, 0.15) is 23.7 Å². The Morgan fingerprint density at radius 2 is 1.83 bits per heavy atom. The van der Waals surface area contributed by atoms with Gasteiger partial charge in [-0.1, -0.05) is 12.1 Å². The van der Waals surface area contributed by atoms with Gasteiger partial charge in [-0.05, 0) is 23.8 Å². The lowest BCUT2D eigenvalue weighted by atomic mass is 10.1. The van der Waals surface area contributed by atoms with Crippen LogP contribution in [0.2, 0.25) is 0 Å². The molecule has 0 amide bonds. The number of thioether (sulfide) groups is 1. The highest BCUT2D eigenvalue weighted by molar-refractivity contribution is 7.99. The molecule has 7 heteroatoms. The summed E-state index contributed by atoms with van der Waals surface area (Å²) >= 11 is 1.27. The Kier molecular flexibility index (Phi) is 5.25. The van der Waals surface area contributed by atoms with Gasteiger partial charge in [0.15, 0.2) is 5.44 Å². The molecular formula is C17H19NO5S. The van der Waals surface area contributed by atoms with Crippen LogP contribution in [0.25, 0.3) is 11.1 Å². The Labute approximate surface area is 144 Å². The van der Waals surface area contributed by atoms with Crippen molar-refractivity contribution in [3.05, 3.63) is 42.7 Å². The summed E-state index contributed by atoms with van der Waals surface area (Å²) in [4.78, 5) is 4.14. The van der Waals surface area contributed by atoms with Gasteiger partial charge < -0.3 is 24.8 Å². The molecule has 3 rings (SSSR count). The molecule has 2 heterocycles. The number of pyridine rings is 1. The van der Waals surface area contributed by atoms with Crippen LogP contribution in [0.15, 0.2) is 42.7 Å². The Hall–Kier alpha value is -1.80. The lowest BCUT2D eigenvalue weighted by Crippen LogP contribution is -2.50. The average Bonchev–Trinajstić information content (AvgIpc) is 2.62. The second-order valence-corrected chi connectivity index (χ2v) is 6.64. The molecule has 128 valence electrons. The van der Waals surface area contributed by atoms with Crippen LogP contribution in [0.3, 0.4) is 0 Å². The molecule has 24 heavy (non-hydrogen) atoms. The minimum absolute atomic E-state index is 0.308. The van der Waals surface area contributed by atoms with Crippen molar-refractivity contribution in [1.82, 2.24) is 4.98 Å². The van der Waals surface area contributed by atoms with Gasteiger partial charge in [-0.2, -0.15) is 0 Å². The Balaban J connectivity index is 1.78. The maximum absolute atomic E-state index is 10.0. The molecule has 0 unspecified atom stereocenters. The third kappa shape index (κ3) is 3.64. The molecule has 2 aromatic rings. The number of aliphatic hydroxyl groups is 3. The summed E-state index contributed by atoms with van der Waals surface area (Å²) < 4.78 is 11.0. The SMILES string of the molecule is COc1cncc(-c2cccc(O[C@H]3SC[C@@H](O)[C@H](O)[C@H]3O)c2)c1. The molecule has 6 nitrogen and oxygen atoms in total. The Bertz CT molecular complexity index is 698. The van der Waals surface area contributed by atoms with E-state index in [1.54, 1.807) is 25.6 Å². The zero-order chi connectivity index (χ0) is 17.1. The summed E-state index contributed by atoms with van der Waals surface area (Å²) in [5, 5.41) is 29.4.